The molecule has 2 aromatic carbocycles. The summed E-state index contributed by atoms with van der Waals surface area (Å²) in [6.07, 6.45) is 0. The van der Waals surface area contributed by atoms with Crippen LogP contribution in [0.3, 0.4) is 0 Å². The molecule has 0 saturated heterocycles. The monoisotopic (exact) mass is 322 g/mol. The molecule has 0 amide bonds. The molecule has 0 saturated carbocycles. The SMILES string of the molecule is CC.Cc1nc2ccccc2nc1Oc1ccccc1C(C)(C)C. The molecule has 0 fully saturated rings. The average molecular weight is 322 g/mol. The lowest BCUT2D eigenvalue weighted by atomic mass is 9.86. The highest BCUT2D eigenvalue weighted by Crippen LogP contribution is 2.34. The lowest BCUT2D eigenvalue weighted by Gasteiger charge is -2.22. The predicted octanol–water partition coefficient (Wildman–Crippen LogP) is 6.05. The summed E-state index contributed by atoms with van der Waals surface area (Å²) in [6.45, 7) is 12.4. The molecule has 24 heavy (non-hydrogen) atoms. The Balaban J connectivity index is 0.00000100. The highest BCUT2D eigenvalue weighted by Gasteiger charge is 2.19. The van der Waals surface area contributed by atoms with Crippen LogP contribution in [-0.4, -0.2) is 9.97 Å². The number of ether oxygens (including phenoxy) is 1. The Morgan fingerprint density at radius 1 is 0.792 bits per heavy atom. The first-order chi connectivity index (χ1) is 11.4. The highest BCUT2D eigenvalue weighted by atomic mass is 16.5. The van der Waals surface area contributed by atoms with Crippen LogP contribution in [-0.2, 0) is 5.41 Å². The Morgan fingerprint density at radius 3 is 1.96 bits per heavy atom. The summed E-state index contributed by atoms with van der Waals surface area (Å²) in [5.41, 5.74) is 3.69. The summed E-state index contributed by atoms with van der Waals surface area (Å²) in [5, 5.41) is 0. The maximum Gasteiger partial charge on any atom is 0.241 e. The van der Waals surface area contributed by atoms with Crippen molar-refractivity contribution in [2.75, 3.05) is 0 Å². The van der Waals surface area contributed by atoms with Gasteiger partial charge in [0.2, 0.25) is 5.88 Å². The summed E-state index contributed by atoms with van der Waals surface area (Å²) in [7, 11) is 0. The maximum atomic E-state index is 6.10. The molecule has 3 nitrogen and oxygen atoms in total. The van der Waals surface area contributed by atoms with Crippen LogP contribution in [0.2, 0.25) is 0 Å². The first-order valence-corrected chi connectivity index (χ1v) is 8.46. The third kappa shape index (κ3) is 3.91. The number of fused-ring (bicyclic) bond motifs is 1. The van der Waals surface area contributed by atoms with Crippen LogP contribution in [0.5, 0.6) is 11.6 Å². The van der Waals surface area contributed by atoms with Gasteiger partial charge in [0.05, 0.1) is 11.0 Å². The largest absolute Gasteiger partial charge is 0.437 e. The molecular formula is C21H26N2O. The van der Waals surface area contributed by atoms with Gasteiger partial charge in [-0.2, -0.15) is 0 Å². The van der Waals surface area contributed by atoms with Crippen molar-refractivity contribution >= 4 is 11.0 Å². The Morgan fingerprint density at radius 2 is 1.33 bits per heavy atom. The number of para-hydroxylation sites is 3. The summed E-state index contributed by atoms with van der Waals surface area (Å²) in [4.78, 5) is 9.18. The lowest BCUT2D eigenvalue weighted by Crippen LogP contribution is -2.12. The predicted molar refractivity (Wildman–Crippen MR) is 101 cm³/mol. The van der Waals surface area contributed by atoms with Crippen LogP contribution in [0.25, 0.3) is 11.0 Å². The van der Waals surface area contributed by atoms with E-state index in [1.54, 1.807) is 0 Å². The molecule has 0 atom stereocenters. The van der Waals surface area contributed by atoms with Gasteiger partial charge in [-0.25, -0.2) is 9.97 Å². The van der Waals surface area contributed by atoms with E-state index < -0.39 is 0 Å². The van der Waals surface area contributed by atoms with E-state index >= 15 is 0 Å². The fourth-order valence-electron chi connectivity index (χ4n) is 2.45. The molecule has 0 radical (unpaired) electrons. The minimum Gasteiger partial charge on any atom is -0.437 e. The zero-order valence-corrected chi connectivity index (χ0v) is 15.4. The van der Waals surface area contributed by atoms with Crippen molar-refractivity contribution in [1.29, 1.82) is 0 Å². The van der Waals surface area contributed by atoms with Crippen LogP contribution in [0.1, 0.15) is 45.9 Å². The van der Waals surface area contributed by atoms with Gasteiger partial charge in [-0.05, 0) is 30.5 Å². The van der Waals surface area contributed by atoms with E-state index in [1.165, 1.54) is 0 Å². The first kappa shape index (κ1) is 17.9. The molecule has 0 spiro atoms. The number of nitrogens with zero attached hydrogens (tertiary/aromatic N) is 2. The zero-order chi connectivity index (χ0) is 17.7. The summed E-state index contributed by atoms with van der Waals surface area (Å²) >= 11 is 0. The topological polar surface area (TPSA) is 35.0 Å². The van der Waals surface area contributed by atoms with Crippen molar-refractivity contribution in [3.63, 3.8) is 0 Å². The van der Waals surface area contributed by atoms with Crippen molar-refractivity contribution in [2.45, 2.75) is 47.0 Å². The minimum atomic E-state index is 0.00871. The highest BCUT2D eigenvalue weighted by molar-refractivity contribution is 5.74. The molecule has 0 aliphatic heterocycles. The molecule has 3 rings (SSSR count). The molecule has 0 aliphatic rings. The second kappa shape index (κ2) is 7.43. The zero-order valence-electron chi connectivity index (χ0n) is 15.4. The maximum absolute atomic E-state index is 6.10. The van der Waals surface area contributed by atoms with E-state index in [-0.39, 0.29) is 5.41 Å². The van der Waals surface area contributed by atoms with Crippen molar-refractivity contribution in [1.82, 2.24) is 9.97 Å². The smallest absolute Gasteiger partial charge is 0.241 e. The quantitative estimate of drug-likeness (QED) is 0.575. The van der Waals surface area contributed by atoms with Crippen LogP contribution in [0, 0.1) is 6.92 Å². The van der Waals surface area contributed by atoms with Gasteiger partial charge in [-0.1, -0.05) is 65.0 Å². The second-order valence-corrected chi connectivity index (χ2v) is 6.45. The van der Waals surface area contributed by atoms with Gasteiger partial charge in [0, 0.05) is 5.56 Å². The van der Waals surface area contributed by atoms with Gasteiger partial charge in [-0.15, -0.1) is 0 Å². The number of hydrogen-bond acceptors (Lipinski definition) is 3. The van der Waals surface area contributed by atoms with Gasteiger partial charge in [0.25, 0.3) is 0 Å². The minimum absolute atomic E-state index is 0.00871. The number of benzene rings is 2. The molecule has 1 heterocycles. The number of aromatic nitrogens is 2. The van der Waals surface area contributed by atoms with E-state index in [0.29, 0.717) is 5.88 Å². The molecule has 0 N–H and O–H groups in total. The molecule has 3 heteroatoms. The fourth-order valence-corrected chi connectivity index (χ4v) is 2.45. The number of rotatable bonds is 2. The van der Waals surface area contributed by atoms with Crippen molar-refractivity contribution in [3.05, 3.63) is 59.8 Å². The van der Waals surface area contributed by atoms with Crippen LogP contribution in [0.4, 0.5) is 0 Å². The molecule has 3 aromatic rings. The Hall–Kier alpha value is -2.42. The van der Waals surface area contributed by atoms with E-state index in [0.717, 1.165) is 28.0 Å². The van der Waals surface area contributed by atoms with Crippen molar-refractivity contribution in [3.8, 4) is 11.6 Å². The molecular weight excluding hydrogens is 296 g/mol. The van der Waals surface area contributed by atoms with Crippen LogP contribution in [0.15, 0.2) is 48.5 Å². The first-order valence-electron chi connectivity index (χ1n) is 8.46. The Kier molecular flexibility index (Phi) is 5.55. The standard InChI is InChI=1S/C19H20N2O.C2H6/c1-13-18(21-16-11-7-6-10-15(16)20-13)22-17-12-8-5-9-14(17)19(2,3)4;1-2/h5-12H,1-4H3;1-2H3. The third-order valence-corrected chi connectivity index (χ3v) is 3.60. The molecule has 126 valence electrons. The lowest BCUT2D eigenvalue weighted by molar-refractivity contribution is 0.436. The average Bonchev–Trinajstić information content (AvgIpc) is 2.57. The van der Waals surface area contributed by atoms with Gasteiger partial charge >= 0.3 is 0 Å². The third-order valence-electron chi connectivity index (χ3n) is 3.60. The van der Waals surface area contributed by atoms with E-state index in [9.17, 15) is 0 Å². The fraction of sp³-hybridized carbons (Fsp3) is 0.333. The van der Waals surface area contributed by atoms with Crippen molar-refractivity contribution < 1.29 is 4.74 Å². The van der Waals surface area contributed by atoms with Gasteiger partial charge in [0.1, 0.15) is 11.4 Å². The van der Waals surface area contributed by atoms with Gasteiger partial charge in [0.15, 0.2) is 0 Å². The molecule has 0 bridgehead atoms. The summed E-state index contributed by atoms with van der Waals surface area (Å²) in [6, 6.07) is 15.9. The van der Waals surface area contributed by atoms with E-state index in [1.807, 2.05) is 63.2 Å². The van der Waals surface area contributed by atoms with Crippen molar-refractivity contribution in [2.24, 2.45) is 0 Å². The van der Waals surface area contributed by atoms with Crippen LogP contribution < -0.4 is 4.74 Å². The summed E-state index contributed by atoms with van der Waals surface area (Å²) in [5.74, 6) is 1.40. The molecule has 1 aromatic heterocycles. The summed E-state index contributed by atoms with van der Waals surface area (Å²) < 4.78 is 6.10. The van der Waals surface area contributed by atoms with E-state index in [4.69, 9.17) is 4.74 Å². The Bertz CT molecular complexity index is 819. The Labute approximate surface area is 144 Å². The normalized spacial score (nSPS) is 10.9. The number of hydrogen-bond donors (Lipinski definition) is 0. The molecule has 0 aliphatic carbocycles. The van der Waals surface area contributed by atoms with E-state index in [2.05, 4.69) is 36.8 Å². The second-order valence-electron chi connectivity index (χ2n) is 6.45. The van der Waals surface area contributed by atoms with Crippen LogP contribution >= 0.6 is 0 Å². The molecule has 0 unspecified atom stereocenters. The number of aryl methyl sites for hydroxylation is 1. The van der Waals surface area contributed by atoms with Gasteiger partial charge in [-0.3, -0.25) is 0 Å². The van der Waals surface area contributed by atoms with Gasteiger partial charge < -0.3 is 4.74 Å².